The van der Waals surface area contributed by atoms with Crippen LogP contribution in [0.1, 0.15) is 11.3 Å². The molecule has 0 unspecified atom stereocenters. The summed E-state index contributed by atoms with van der Waals surface area (Å²) in [5.41, 5.74) is 6.05. The molecule has 3 aromatic rings. The lowest BCUT2D eigenvalue weighted by atomic mass is 10.2. The number of hydrazone groups is 1. The molecule has 0 saturated carbocycles. The number of aryl methyl sites for hydroxylation is 1. The zero-order valence-corrected chi connectivity index (χ0v) is 12.8. The lowest BCUT2D eigenvalue weighted by Crippen LogP contribution is -1.89. The first-order valence-electron chi connectivity index (χ1n) is 6.92. The Balaban J connectivity index is 1.70. The van der Waals surface area contributed by atoms with Crippen molar-refractivity contribution in [3.8, 4) is 11.3 Å². The number of halogens is 1. The van der Waals surface area contributed by atoms with Crippen molar-refractivity contribution in [2.45, 2.75) is 6.92 Å². The Hall–Kier alpha value is -2.52. The Morgan fingerprint density at radius 1 is 1.05 bits per heavy atom. The van der Waals surface area contributed by atoms with Gasteiger partial charge >= 0.3 is 0 Å². The van der Waals surface area contributed by atoms with E-state index in [1.165, 1.54) is 5.56 Å². The number of benzene rings is 2. The van der Waals surface area contributed by atoms with Gasteiger partial charge in [0.15, 0.2) is 0 Å². The van der Waals surface area contributed by atoms with Crippen molar-refractivity contribution in [2.24, 2.45) is 5.10 Å². The summed E-state index contributed by atoms with van der Waals surface area (Å²) in [5, 5.41) is 4.87. The van der Waals surface area contributed by atoms with E-state index in [1.807, 2.05) is 67.6 Å². The number of nitrogens with one attached hydrogen (secondary N) is 1. The fraction of sp³-hybridized carbons (Fsp3) is 0.0556. The Morgan fingerprint density at radius 2 is 1.91 bits per heavy atom. The lowest BCUT2D eigenvalue weighted by molar-refractivity contribution is 0.575. The third kappa shape index (κ3) is 3.57. The fourth-order valence-corrected chi connectivity index (χ4v) is 2.29. The Labute approximate surface area is 134 Å². The molecule has 3 rings (SSSR count). The Bertz CT molecular complexity index is 808. The second-order valence-corrected chi connectivity index (χ2v) is 5.39. The largest absolute Gasteiger partial charge is 0.455 e. The van der Waals surface area contributed by atoms with Crippen molar-refractivity contribution >= 4 is 23.5 Å². The highest BCUT2D eigenvalue weighted by atomic mass is 35.5. The topological polar surface area (TPSA) is 37.5 Å². The van der Waals surface area contributed by atoms with Gasteiger partial charge in [-0.05, 0) is 48.9 Å². The highest BCUT2D eigenvalue weighted by Gasteiger charge is 2.03. The minimum Gasteiger partial charge on any atom is -0.455 e. The smallest absolute Gasteiger partial charge is 0.147 e. The van der Waals surface area contributed by atoms with Gasteiger partial charge in [0.05, 0.1) is 11.9 Å². The van der Waals surface area contributed by atoms with Crippen molar-refractivity contribution < 1.29 is 4.42 Å². The van der Waals surface area contributed by atoms with E-state index >= 15 is 0 Å². The zero-order chi connectivity index (χ0) is 15.4. The molecule has 0 aliphatic rings. The van der Waals surface area contributed by atoms with Gasteiger partial charge in [-0.1, -0.05) is 35.9 Å². The standard InChI is InChI=1S/C18H15ClN2O/c1-13-4-2-7-16(10-13)21-20-12-17-8-9-18(22-17)14-5-3-6-15(19)11-14/h2-12,21H,1H3. The molecule has 0 atom stereocenters. The van der Waals surface area contributed by atoms with Gasteiger partial charge in [-0.2, -0.15) is 5.10 Å². The maximum Gasteiger partial charge on any atom is 0.147 e. The van der Waals surface area contributed by atoms with Gasteiger partial charge in [0.1, 0.15) is 11.5 Å². The van der Waals surface area contributed by atoms with E-state index in [0.717, 1.165) is 17.0 Å². The molecule has 0 spiro atoms. The van der Waals surface area contributed by atoms with Crippen molar-refractivity contribution in [2.75, 3.05) is 5.43 Å². The van der Waals surface area contributed by atoms with Gasteiger partial charge in [0.25, 0.3) is 0 Å². The Kier molecular flexibility index (Phi) is 4.26. The third-order valence-electron chi connectivity index (χ3n) is 3.14. The predicted molar refractivity (Wildman–Crippen MR) is 91.5 cm³/mol. The van der Waals surface area contributed by atoms with Gasteiger partial charge in [-0.15, -0.1) is 0 Å². The van der Waals surface area contributed by atoms with Crippen LogP contribution in [-0.4, -0.2) is 6.21 Å². The van der Waals surface area contributed by atoms with E-state index in [0.29, 0.717) is 10.8 Å². The summed E-state index contributed by atoms with van der Waals surface area (Å²) >= 11 is 5.99. The molecule has 0 aliphatic carbocycles. The van der Waals surface area contributed by atoms with E-state index in [1.54, 1.807) is 6.21 Å². The minimum atomic E-state index is 0.676. The van der Waals surface area contributed by atoms with Crippen molar-refractivity contribution in [3.63, 3.8) is 0 Å². The molecule has 0 amide bonds. The molecule has 1 aromatic heterocycles. The van der Waals surface area contributed by atoms with E-state index < -0.39 is 0 Å². The molecule has 3 nitrogen and oxygen atoms in total. The number of nitrogens with zero attached hydrogens (tertiary/aromatic N) is 1. The first-order valence-corrected chi connectivity index (χ1v) is 7.30. The maximum absolute atomic E-state index is 5.99. The quantitative estimate of drug-likeness (QED) is 0.520. The number of anilines is 1. The van der Waals surface area contributed by atoms with Gasteiger partial charge in [0, 0.05) is 10.6 Å². The minimum absolute atomic E-state index is 0.676. The van der Waals surface area contributed by atoms with Crippen LogP contribution in [0.3, 0.4) is 0 Å². The summed E-state index contributed by atoms with van der Waals surface area (Å²) in [6.45, 7) is 2.04. The van der Waals surface area contributed by atoms with Crippen LogP contribution in [-0.2, 0) is 0 Å². The van der Waals surface area contributed by atoms with Gasteiger partial charge in [-0.25, -0.2) is 0 Å². The summed E-state index contributed by atoms with van der Waals surface area (Å²) in [6, 6.07) is 19.3. The highest BCUT2D eigenvalue weighted by molar-refractivity contribution is 6.30. The van der Waals surface area contributed by atoms with E-state index in [9.17, 15) is 0 Å². The summed E-state index contributed by atoms with van der Waals surface area (Å²) in [6.07, 6.45) is 1.65. The number of rotatable bonds is 4. The van der Waals surface area contributed by atoms with E-state index in [4.69, 9.17) is 16.0 Å². The molecule has 2 aromatic carbocycles. The number of hydrogen-bond donors (Lipinski definition) is 1. The molecule has 0 saturated heterocycles. The van der Waals surface area contributed by atoms with Gasteiger partial charge in [0.2, 0.25) is 0 Å². The number of hydrogen-bond acceptors (Lipinski definition) is 3. The Morgan fingerprint density at radius 3 is 2.73 bits per heavy atom. The third-order valence-corrected chi connectivity index (χ3v) is 3.37. The van der Waals surface area contributed by atoms with Crippen molar-refractivity contribution in [1.82, 2.24) is 0 Å². The molecule has 4 heteroatoms. The van der Waals surface area contributed by atoms with Crippen LogP contribution >= 0.6 is 11.6 Å². The molecule has 22 heavy (non-hydrogen) atoms. The summed E-state index contributed by atoms with van der Waals surface area (Å²) < 4.78 is 5.74. The second kappa shape index (κ2) is 6.50. The summed E-state index contributed by atoms with van der Waals surface area (Å²) in [5.74, 6) is 1.44. The predicted octanol–water partition coefficient (Wildman–Crippen LogP) is 5.35. The van der Waals surface area contributed by atoms with Crippen LogP contribution in [0.2, 0.25) is 5.02 Å². The van der Waals surface area contributed by atoms with E-state index in [-0.39, 0.29) is 0 Å². The molecule has 110 valence electrons. The van der Waals surface area contributed by atoms with Gasteiger partial charge in [-0.3, -0.25) is 5.43 Å². The number of furan rings is 1. The van der Waals surface area contributed by atoms with Crippen LogP contribution in [0, 0.1) is 6.92 Å². The summed E-state index contributed by atoms with van der Waals surface area (Å²) in [7, 11) is 0. The molecular weight excluding hydrogens is 296 g/mol. The van der Waals surface area contributed by atoms with Crippen molar-refractivity contribution in [1.29, 1.82) is 0 Å². The molecule has 0 fully saturated rings. The molecule has 0 aliphatic heterocycles. The highest BCUT2D eigenvalue weighted by Crippen LogP contribution is 2.24. The van der Waals surface area contributed by atoms with Crippen LogP contribution in [0.25, 0.3) is 11.3 Å². The summed E-state index contributed by atoms with van der Waals surface area (Å²) in [4.78, 5) is 0. The lowest BCUT2D eigenvalue weighted by Gasteiger charge is -2.00. The second-order valence-electron chi connectivity index (χ2n) is 4.95. The van der Waals surface area contributed by atoms with E-state index in [2.05, 4.69) is 10.5 Å². The van der Waals surface area contributed by atoms with Crippen LogP contribution in [0.5, 0.6) is 0 Å². The first kappa shape index (κ1) is 14.4. The monoisotopic (exact) mass is 310 g/mol. The molecule has 0 radical (unpaired) electrons. The normalized spacial score (nSPS) is 11.0. The molecule has 1 N–H and O–H groups in total. The maximum atomic E-state index is 5.99. The molecule has 0 bridgehead atoms. The van der Waals surface area contributed by atoms with Crippen LogP contribution in [0.15, 0.2) is 70.2 Å². The zero-order valence-electron chi connectivity index (χ0n) is 12.1. The van der Waals surface area contributed by atoms with Crippen LogP contribution in [0.4, 0.5) is 5.69 Å². The average molecular weight is 311 g/mol. The first-order chi connectivity index (χ1) is 10.7. The van der Waals surface area contributed by atoms with Crippen LogP contribution < -0.4 is 5.43 Å². The SMILES string of the molecule is Cc1cccc(NN=Cc2ccc(-c3cccc(Cl)c3)o2)c1. The van der Waals surface area contributed by atoms with Gasteiger partial charge < -0.3 is 4.42 Å². The van der Waals surface area contributed by atoms with Crippen molar-refractivity contribution in [3.05, 3.63) is 77.0 Å². The average Bonchev–Trinajstić information content (AvgIpc) is 2.96. The fourth-order valence-electron chi connectivity index (χ4n) is 2.10. The molecular formula is C18H15ClN2O. The molecule has 1 heterocycles.